The number of hydrogen-bond donors (Lipinski definition) is 1. The van der Waals surface area contributed by atoms with E-state index in [0.29, 0.717) is 5.56 Å². The molecule has 0 radical (unpaired) electrons. The second kappa shape index (κ2) is 6.62. The molecule has 0 heterocycles. The Bertz CT molecular complexity index is 330. The van der Waals surface area contributed by atoms with Crippen LogP contribution in [0.25, 0.3) is 0 Å². The van der Waals surface area contributed by atoms with Crippen molar-refractivity contribution < 1.29 is 4.39 Å². The third-order valence-electron chi connectivity index (χ3n) is 1.68. The van der Waals surface area contributed by atoms with Gasteiger partial charge in [-0.3, -0.25) is 0 Å². The Morgan fingerprint density at radius 2 is 1.80 bits per heavy atom. The molecule has 82 valence electrons. The lowest BCUT2D eigenvalue weighted by Crippen LogP contribution is -2.30. The third kappa shape index (κ3) is 4.98. The highest BCUT2D eigenvalue weighted by molar-refractivity contribution is 6.40. The molecule has 0 spiro atoms. The monoisotopic (exact) mass is 248 g/mol. The van der Waals surface area contributed by atoms with Gasteiger partial charge in [-0.25, -0.2) is 4.39 Å². The summed E-state index contributed by atoms with van der Waals surface area (Å²) in [7, 11) is 0. The lowest BCUT2D eigenvalue weighted by Gasteiger charge is -2.14. The van der Waals surface area contributed by atoms with Crippen LogP contribution >= 0.6 is 23.2 Å². The summed E-state index contributed by atoms with van der Waals surface area (Å²) in [5.41, 5.74) is 5.19. The number of rotatable bonds is 1. The fraction of sp³-hybridized carbons (Fsp3) is 0.300. The van der Waals surface area contributed by atoms with Gasteiger partial charge in [0.25, 0.3) is 0 Å². The number of nitrogens with two attached hydrogens (primary N) is 1. The molecule has 0 aliphatic carbocycles. The largest absolute Gasteiger partial charge is 0.310 e. The highest BCUT2D eigenvalue weighted by Crippen LogP contribution is 2.16. The Labute approximate surface area is 98.4 Å². The van der Waals surface area contributed by atoms with Crippen LogP contribution in [0.1, 0.15) is 12.5 Å². The smallest absolute Gasteiger partial charge is 0.126 e. The molecule has 0 aromatic heterocycles. The van der Waals surface area contributed by atoms with Crippen LogP contribution < -0.4 is 5.73 Å². The van der Waals surface area contributed by atoms with E-state index in [9.17, 15) is 4.39 Å². The fourth-order valence-electron chi connectivity index (χ4n) is 0.861. The number of halogens is 3. The topological polar surface area (TPSA) is 49.8 Å². The summed E-state index contributed by atoms with van der Waals surface area (Å²) in [6, 6.07) is 7.54. The minimum absolute atomic E-state index is 0.194. The van der Waals surface area contributed by atoms with E-state index in [-0.39, 0.29) is 11.2 Å². The van der Waals surface area contributed by atoms with E-state index in [1.165, 1.54) is 24.3 Å². The van der Waals surface area contributed by atoms with Gasteiger partial charge < -0.3 is 5.73 Å². The molecular formula is C10H11Cl2FN2. The molecule has 0 aliphatic rings. The third-order valence-corrected chi connectivity index (χ3v) is 1.68. The second-order valence-electron chi connectivity index (χ2n) is 2.92. The molecule has 1 atom stereocenters. The predicted molar refractivity (Wildman–Crippen MR) is 60.1 cm³/mol. The van der Waals surface area contributed by atoms with Crippen molar-refractivity contribution in [3.63, 3.8) is 0 Å². The first kappa shape index (κ1) is 14.2. The maximum atomic E-state index is 12.5. The van der Waals surface area contributed by atoms with Gasteiger partial charge in [-0.1, -0.05) is 12.1 Å². The number of hydrogen-bond acceptors (Lipinski definition) is 2. The zero-order chi connectivity index (χ0) is 11.9. The molecule has 1 aromatic carbocycles. The molecule has 0 bridgehead atoms. The maximum absolute atomic E-state index is 12.5. The molecule has 1 unspecified atom stereocenters. The van der Waals surface area contributed by atoms with Crippen LogP contribution in [0.5, 0.6) is 0 Å². The lowest BCUT2D eigenvalue weighted by atomic mass is 9.95. The Balaban J connectivity index is 0.000000583. The average Bonchev–Trinajstić information content (AvgIpc) is 2.20. The highest BCUT2D eigenvalue weighted by atomic mass is 35.5. The summed E-state index contributed by atoms with van der Waals surface area (Å²) in [4.78, 5) is 0. The SMILES string of the molecule is CC(N)(C#N)c1ccc(F)cc1.ClCCl. The number of benzene rings is 1. The zero-order valence-corrected chi connectivity index (χ0v) is 9.69. The Hall–Kier alpha value is -0.820. The standard InChI is InChI=1S/C9H9FN2.CH2Cl2/c1-9(12,6-11)7-2-4-8(10)5-3-7;2-1-3/h2-5H,12H2,1H3;1H2. The second-order valence-corrected chi connectivity index (χ2v) is 3.73. The van der Waals surface area contributed by atoms with Gasteiger partial charge in [0.15, 0.2) is 0 Å². The predicted octanol–water partition coefficient (Wildman–Crippen LogP) is 2.94. The highest BCUT2D eigenvalue weighted by Gasteiger charge is 2.19. The van der Waals surface area contributed by atoms with Gasteiger partial charge in [-0.2, -0.15) is 5.26 Å². The van der Waals surface area contributed by atoms with Crippen LogP contribution in [-0.4, -0.2) is 5.34 Å². The maximum Gasteiger partial charge on any atom is 0.126 e. The van der Waals surface area contributed by atoms with Crippen molar-refractivity contribution in [1.29, 1.82) is 5.26 Å². The first-order valence-corrected chi connectivity index (χ1v) is 5.13. The van der Waals surface area contributed by atoms with Crippen LogP contribution in [0.15, 0.2) is 24.3 Å². The summed E-state index contributed by atoms with van der Waals surface area (Å²) >= 11 is 9.53. The number of nitrogens with zero attached hydrogens (tertiary/aromatic N) is 1. The molecule has 1 rings (SSSR count). The molecule has 0 fully saturated rings. The first-order chi connectivity index (χ1) is 6.97. The normalized spacial score (nSPS) is 13.1. The molecule has 5 heteroatoms. The van der Waals surface area contributed by atoms with Crippen molar-refractivity contribution in [2.24, 2.45) is 5.73 Å². The number of nitriles is 1. The van der Waals surface area contributed by atoms with Crippen molar-refractivity contribution in [2.75, 3.05) is 5.34 Å². The van der Waals surface area contributed by atoms with Gasteiger partial charge in [0.05, 0.1) is 11.4 Å². The van der Waals surface area contributed by atoms with E-state index >= 15 is 0 Å². The fourth-order valence-corrected chi connectivity index (χ4v) is 0.861. The summed E-state index contributed by atoms with van der Waals surface area (Å²) in [6.07, 6.45) is 0. The van der Waals surface area contributed by atoms with Crippen molar-refractivity contribution in [3.05, 3.63) is 35.6 Å². The van der Waals surface area contributed by atoms with E-state index < -0.39 is 5.54 Å². The van der Waals surface area contributed by atoms with Gasteiger partial charge >= 0.3 is 0 Å². The molecular weight excluding hydrogens is 238 g/mol. The van der Waals surface area contributed by atoms with Crippen molar-refractivity contribution in [2.45, 2.75) is 12.5 Å². The van der Waals surface area contributed by atoms with Crippen molar-refractivity contribution >= 4 is 23.2 Å². The molecule has 0 saturated carbocycles. The zero-order valence-electron chi connectivity index (χ0n) is 8.17. The summed E-state index contributed by atoms with van der Waals surface area (Å²) in [5.74, 6) is -0.326. The van der Waals surface area contributed by atoms with Gasteiger partial charge in [-0.05, 0) is 24.6 Å². The van der Waals surface area contributed by atoms with Crippen molar-refractivity contribution in [3.8, 4) is 6.07 Å². The lowest BCUT2D eigenvalue weighted by molar-refractivity contribution is 0.615. The van der Waals surface area contributed by atoms with Gasteiger partial charge in [0, 0.05) is 0 Å². The average molecular weight is 249 g/mol. The molecule has 0 saturated heterocycles. The molecule has 15 heavy (non-hydrogen) atoms. The Morgan fingerprint density at radius 3 is 2.13 bits per heavy atom. The van der Waals surface area contributed by atoms with Gasteiger partial charge in [-0.15, -0.1) is 23.2 Å². The summed E-state index contributed by atoms with van der Waals surface area (Å²) in [6.45, 7) is 1.58. The first-order valence-electron chi connectivity index (χ1n) is 4.06. The minimum atomic E-state index is -1.03. The van der Waals surface area contributed by atoms with Gasteiger partial charge in [0.1, 0.15) is 11.4 Å². The van der Waals surface area contributed by atoms with E-state index in [1.807, 2.05) is 6.07 Å². The summed E-state index contributed by atoms with van der Waals surface area (Å²) in [5, 5.41) is 8.84. The molecule has 2 N–H and O–H groups in total. The summed E-state index contributed by atoms with van der Waals surface area (Å²) < 4.78 is 12.5. The van der Waals surface area contributed by atoms with E-state index in [2.05, 4.69) is 0 Å². The van der Waals surface area contributed by atoms with Crippen LogP contribution in [0.4, 0.5) is 4.39 Å². The Morgan fingerprint density at radius 1 is 1.40 bits per heavy atom. The van der Waals surface area contributed by atoms with Crippen LogP contribution in [0.2, 0.25) is 0 Å². The Kier molecular flexibility index (Phi) is 6.26. The van der Waals surface area contributed by atoms with Crippen LogP contribution in [0.3, 0.4) is 0 Å². The quantitative estimate of drug-likeness (QED) is 0.778. The molecule has 0 amide bonds. The molecule has 0 aliphatic heterocycles. The minimum Gasteiger partial charge on any atom is -0.310 e. The molecule has 1 aromatic rings. The van der Waals surface area contributed by atoms with Gasteiger partial charge in [0.2, 0.25) is 0 Å². The van der Waals surface area contributed by atoms with Crippen LogP contribution in [-0.2, 0) is 5.54 Å². The van der Waals surface area contributed by atoms with E-state index in [1.54, 1.807) is 6.92 Å². The van der Waals surface area contributed by atoms with E-state index in [4.69, 9.17) is 34.2 Å². The van der Waals surface area contributed by atoms with Crippen molar-refractivity contribution in [1.82, 2.24) is 0 Å². The van der Waals surface area contributed by atoms with E-state index in [0.717, 1.165) is 0 Å². The molecule has 2 nitrogen and oxygen atoms in total. The number of alkyl halides is 2. The van der Waals surface area contributed by atoms with Crippen LogP contribution in [0, 0.1) is 17.1 Å².